The molecule has 2 amide bonds. The van der Waals surface area contributed by atoms with Gasteiger partial charge in [-0.05, 0) is 54.4 Å². The first kappa shape index (κ1) is 24.8. The van der Waals surface area contributed by atoms with Gasteiger partial charge in [-0.25, -0.2) is 4.98 Å². The Kier molecular flexibility index (Phi) is 8.75. The van der Waals surface area contributed by atoms with Crippen LogP contribution in [0.2, 0.25) is 0 Å². The summed E-state index contributed by atoms with van der Waals surface area (Å²) < 4.78 is 7.42. The van der Waals surface area contributed by atoms with Crippen molar-refractivity contribution in [3.63, 3.8) is 0 Å². The molecule has 3 aromatic carbocycles. The quantitative estimate of drug-likeness (QED) is 0.189. The van der Waals surface area contributed by atoms with Crippen LogP contribution in [-0.4, -0.2) is 29.2 Å². The highest BCUT2D eigenvalue weighted by atomic mass is 32.2. The fourth-order valence-electron chi connectivity index (χ4n) is 3.26. The molecule has 0 radical (unpaired) electrons. The zero-order valence-corrected chi connectivity index (χ0v) is 21.1. The maximum atomic E-state index is 12.7. The number of carbonyl (C=O) groups excluding carboxylic acids is 2. The van der Waals surface area contributed by atoms with Crippen molar-refractivity contribution in [2.45, 2.75) is 30.6 Å². The summed E-state index contributed by atoms with van der Waals surface area (Å²) in [5, 5.41) is 5.87. The van der Waals surface area contributed by atoms with E-state index in [0.29, 0.717) is 30.2 Å². The van der Waals surface area contributed by atoms with Crippen molar-refractivity contribution < 1.29 is 14.3 Å². The summed E-state index contributed by atoms with van der Waals surface area (Å²) in [5.41, 5.74) is 3.17. The van der Waals surface area contributed by atoms with Crippen molar-refractivity contribution in [2.24, 2.45) is 0 Å². The number of benzene rings is 3. The van der Waals surface area contributed by atoms with E-state index < -0.39 is 0 Å². The largest absolute Gasteiger partial charge is 0.494 e. The van der Waals surface area contributed by atoms with Crippen LogP contribution in [0.5, 0.6) is 5.75 Å². The second-order valence-corrected chi connectivity index (χ2v) is 10.1. The van der Waals surface area contributed by atoms with E-state index in [4.69, 9.17) is 4.74 Å². The van der Waals surface area contributed by atoms with Crippen LogP contribution in [0.4, 0.5) is 5.69 Å². The Balaban J connectivity index is 1.30. The third kappa shape index (κ3) is 7.31. The Bertz CT molecular complexity index is 1270. The molecule has 0 aliphatic rings. The zero-order chi connectivity index (χ0) is 24.5. The topological polar surface area (TPSA) is 80.3 Å². The van der Waals surface area contributed by atoms with E-state index >= 15 is 0 Å². The number of fused-ring (bicyclic) bond motifs is 1. The monoisotopic (exact) mass is 505 g/mol. The second kappa shape index (κ2) is 12.4. The molecule has 0 atom stereocenters. The van der Waals surface area contributed by atoms with Crippen LogP contribution >= 0.6 is 23.1 Å². The minimum Gasteiger partial charge on any atom is -0.494 e. The SMILES string of the molecule is CCCCOc1ccc(C(=O)Nc2ccc3nc(SCC(=O)NCc4ccccc4)sc3c2)cc1. The minimum atomic E-state index is -0.182. The molecule has 0 aliphatic heterocycles. The van der Waals surface area contributed by atoms with Crippen LogP contribution in [0.1, 0.15) is 35.7 Å². The van der Waals surface area contributed by atoms with Crippen molar-refractivity contribution in [1.82, 2.24) is 10.3 Å². The van der Waals surface area contributed by atoms with Crippen LogP contribution in [0, 0.1) is 0 Å². The molecule has 1 heterocycles. The Morgan fingerprint density at radius 1 is 1.03 bits per heavy atom. The Morgan fingerprint density at radius 2 is 1.83 bits per heavy atom. The number of carbonyl (C=O) groups is 2. The summed E-state index contributed by atoms with van der Waals surface area (Å²) in [6.07, 6.45) is 2.08. The minimum absolute atomic E-state index is 0.0344. The number of nitrogens with zero attached hydrogens (tertiary/aromatic N) is 1. The highest BCUT2D eigenvalue weighted by Crippen LogP contribution is 2.31. The van der Waals surface area contributed by atoms with Crippen molar-refractivity contribution in [3.8, 4) is 5.75 Å². The lowest BCUT2D eigenvalue weighted by molar-refractivity contribution is -0.118. The molecule has 0 fully saturated rings. The molecule has 180 valence electrons. The third-order valence-corrected chi connectivity index (χ3v) is 7.33. The standard InChI is InChI=1S/C27H27N3O3S2/c1-2-3-15-33-22-12-9-20(10-13-22)26(32)29-21-11-14-23-24(16-21)35-27(30-23)34-18-25(31)28-17-19-7-5-4-6-8-19/h4-14,16H,2-3,15,17-18H2,1H3,(H,28,31)(H,29,32). The molecular weight excluding hydrogens is 478 g/mol. The lowest BCUT2D eigenvalue weighted by atomic mass is 10.2. The van der Waals surface area contributed by atoms with Crippen molar-refractivity contribution in [3.05, 3.63) is 83.9 Å². The fourth-order valence-corrected chi connectivity index (χ4v) is 5.20. The maximum Gasteiger partial charge on any atom is 0.255 e. The number of unbranched alkanes of at least 4 members (excludes halogenated alkanes) is 1. The number of nitrogens with one attached hydrogen (secondary N) is 2. The smallest absolute Gasteiger partial charge is 0.255 e. The van der Waals surface area contributed by atoms with E-state index in [-0.39, 0.29) is 11.8 Å². The summed E-state index contributed by atoms with van der Waals surface area (Å²) in [7, 11) is 0. The van der Waals surface area contributed by atoms with Crippen LogP contribution in [0.25, 0.3) is 10.2 Å². The molecule has 8 heteroatoms. The maximum absolute atomic E-state index is 12.7. The van der Waals surface area contributed by atoms with Crippen LogP contribution in [0.15, 0.2) is 77.1 Å². The molecule has 2 N–H and O–H groups in total. The summed E-state index contributed by atoms with van der Waals surface area (Å²) in [6, 6.07) is 22.6. The first-order valence-corrected chi connectivity index (χ1v) is 13.3. The Morgan fingerprint density at radius 3 is 2.60 bits per heavy atom. The second-order valence-electron chi connectivity index (χ2n) is 7.89. The van der Waals surface area contributed by atoms with E-state index in [1.807, 2.05) is 60.7 Å². The van der Waals surface area contributed by atoms with Crippen LogP contribution < -0.4 is 15.4 Å². The van der Waals surface area contributed by atoms with Gasteiger partial charge in [-0.3, -0.25) is 9.59 Å². The number of ether oxygens (including phenoxy) is 1. The molecule has 6 nitrogen and oxygen atoms in total. The van der Waals surface area contributed by atoms with Crippen LogP contribution in [-0.2, 0) is 11.3 Å². The molecular formula is C27H27N3O3S2. The number of thioether (sulfide) groups is 1. The van der Waals surface area contributed by atoms with E-state index in [1.165, 1.54) is 23.1 Å². The molecule has 0 saturated heterocycles. The van der Waals surface area contributed by atoms with Crippen LogP contribution in [0.3, 0.4) is 0 Å². The van der Waals surface area contributed by atoms with E-state index in [9.17, 15) is 9.59 Å². The number of anilines is 1. The van der Waals surface area contributed by atoms with Gasteiger partial charge >= 0.3 is 0 Å². The first-order valence-electron chi connectivity index (χ1n) is 11.5. The normalized spacial score (nSPS) is 10.8. The van der Waals surface area contributed by atoms with E-state index in [2.05, 4.69) is 22.5 Å². The third-order valence-electron chi connectivity index (χ3n) is 5.17. The fraction of sp³-hybridized carbons (Fsp3) is 0.222. The average molecular weight is 506 g/mol. The van der Waals surface area contributed by atoms with Gasteiger partial charge in [-0.1, -0.05) is 55.4 Å². The molecule has 35 heavy (non-hydrogen) atoms. The summed E-state index contributed by atoms with van der Waals surface area (Å²) in [5.74, 6) is 0.848. The van der Waals surface area contributed by atoms with Crippen molar-refractivity contribution in [1.29, 1.82) is 0 Å². The summed E-state index contributed by atoms with van der Waals surface area (Å²) >= 11 is 2.92. The van der Waals surface area contributed by atoms with Gasteiger partial charge in [0.2, 0.25) is 5.91 Å². The van der Waals surface area contributed by atoms with Gasteiger partial charge in [0.25, 0.3) is 5.91 Å². The van der Waals surface area contributed by atoms with Gasteiger partial charge < -0.3 is 15.4 Å². The number of rotatable bonds is 11. The number of hydrogen-bond donors (Lipinski definition) is 2. The predicted molar refractivity (Wildman–Crippen MR) is 143 cm³/mol. The van der Waals surface area contributed by atoms with E-state index in [1.54, 1.807) is 12.1 Å². The molecule has 4 rings (SSSR count). The molecule has 0 spiro atoms. The number of amides is 2. The lowest BCUT2D eigenvalue weighted by Gasteiger charge is -2.07. The Labute approximate surface area is 213 Å². The first-order chi connectivity index (χ1) is 17.1. The van der Waals surface area contributed by atoms with Gasteiger partial charge in [0.15, 0.2) is 4.34 Å². The average Bonchev–Trinajstić information content (AvgIpc) is 3.29. The molecule has 0 saturated carbocycles. The molecule has 0 bridgehead atoms. The van der Waals surface area contributed by atoms with Crippen molar-refractivity contribution in [2.75, 3.05) is 17.7 Å². The van der Waals surface area contributed by atoms with Gasteiger partial charge in [0, 0.05) is 17.8 Å². The summed E-state index contributed by atoms with van der Waals surface area (Å²) in [6.45, 7) is 3.31. The van der Waals surface area contributed by atoms with E-state index in [0.717, 1.165) is 38.7 Å². The van der Waals surface area contributed by atoms with Gasteiger partial charge in [0.05, 0.1) is 22.6 Å². The van der Waals surface area contributed by atoms with Gasteiger partial charge in [0.1, 0.15) is 5.75 Å². The summed E-state index contributed by atoms with van der Waals surface area (Å²) in [4.78, 5) is 29.4. The number of thiazole rings is 1. The molecule has 1 aromatic heterocycles. The van der Waals surface area contributed by atoms with Gasteiger partial charge in [-0.2, -0.15) is 0 Å². The highest BCUT2D eigenvalue weighted by molar-refractivity contribution is 8.01. The Hall–Kier alpha value is -3.36. The molecule has 0 aliphatic carbocycles. The van der Waals surface area contributed by atoms with Crippen molar-refractivity contribution >= 4 is 50.8 Å². The lowest BCUT2D eigenvalue weighted by Crippen LogP contribution is -2.24. The number of aromatic nitrogens is 1. The highest BCUT2D eigenvalue weighted by Gasteiger charge is 2.11. The molecule has 0 unspecified atom stereocenters. The number of hydrogen-bond acceptors (Lipinski definition) is 6. The molecule has 4 aromatic rings. The van der Waals surface area contributed by atoms with Gasteiger partial charge in [-0.15, -0.1) is 11.3 Å². The predicted octanol–water partition coefficient (Wildman–Crippen LogP) is 6.14. The zero-order valence-electron chi connectivity index (χ0n) is 19.5.